The zero-order valence-electron chi connectivity index (χ0n) is 15.9. The van der Waals surface area contributed by atoms with Crippen molar-refractivity contribution in [2.75, 3.05) is 27.2 Å². The number of ether oxygens (including phenoxy) is 3. The molecule has 0 fully saturated rings. The number of unbranched alkanes of at least 4 members (excludes halogenated alkanes) is 8. The average molecular weight is 351 g/mol. The van der Waals surface area contributed by atoms with Gasteiger partial charge in [0.15, 0.2) is 0 Å². The molecule has 3 nitrogen and oxygen atoms in total. The molecule has 0 spiro atoms. The molecule has 23 heavy (non-hydrogen) atoms. The molecular formula is C19H39ClO3. The minimum atomic E-state index is -0.893. The van der Waals surface area contributed by atoms with Crippen LogP contribution in [0.25, 0.3) is 0 Å². The van der Waals surface area contributed by atoms with Crippen LogP contribution in [0.3, 0.4) is 0 Å². The number of rotatable bonds is 17. The summed E-state index contributed by atoms with van der Waals surface area (Å²) in [6.45, 7) is 2.25. The van der Waals surface area contributed by atoms with Crippen molar-refractivity contribution in [1.82, 2.24) is 0 Å². The molecule has 0 bridgehead atoms. The smallest absolute Gasteiger partial charge is 0.285 e. The zero-order chi connectivity index (χ0) is 17.4. The number of hydrogen-bond acceptors (Lipinski definition) is 3. The summed E-state index contributed by atoms with van der Waals surface area (Å²) in [4.78, 5) is 0. The Bertz CT molecular complexity index is 237. The van der Waals surface area contributed by atoms with Gasteiger partial charge in [-0.1, -0.05) is 64.7 Å². The Morgan fingerprint density at radius 3 is 1.57 bits per heavy atom. The molecule has 0 N–H and O–H groups in total. The van der Waals surface area contributed by atoms with Crippen LogP contribution in [0.4, 0.5) is 0 Å². The van der Waals surface area contributed by atoms with Crippen LogP contribution < -0.4 is 0 Å². The third kappa shape index (κ3) is 9.91. The molecule has 4 heteroatoms. The van der Waals surface area contributed by atoms with Crippen LogP contribution in [0.1, 0.15) is 84.0 Å². The Morgan fingerprint density at radius 1 is 0.696 bits per heavy atom. The van der Waals surface area contributed by atoms with E-state index in [-0.39, 0.29) is 5.92 Å². The monoisotopic (exact) mass is 350 g/mol. The van der Waals surface area contributed by atoms with Gasteiger partial charge in [0.1, 0.15) is 0 Å². The third-order valence-electron chi connectivity index (χ3n) is 4.70. The fraction of sp³-hybridized carbons (Fsp3) is 1.00. The lowest BCUT2D eigenvalue weighted by Gasteiger charge is -2.36. The molecule has 0 aliphatic heterocycles. The molecule has 1 atom stereocenters. The fourth-order valence-corrected chi connectivity index (χ4v) is 3.45. The molecule has 0 aromatic heterocycles. The first kappa shape index (κ1) is 23.2. The first-order valence-corrected chi connectivity index (χ1v) is 9.95. The first-order valence-electron chi connectivity index (χ1n) is 9.42. The number of hydrogen-bond donors (Lipinski definition) is 0. The summed E-state index contributed by atoms with van der Waals surface area (Å²) in [6, 6.07) is 0. The van der Waals surface area contributed by atoms with E-state index in [1.54, 1.807) is 21.3 Å². The summed E-state index contributed by atoms with van der Waals surface area (Å²) in [5, 5.41) is 0. The Morgan fingerprint density at radius 2 is 1.13 bits per heavy atom. The Labute approximate surface area is 149 Å². The predicted molar refractivity (Wildman–Crippen MR) is 99.0 cm³/mol. The lowest BCUT2D eigenvalue weighted by molar-refractivity contribution is -0.380. The van der Waals surface area contributed by atoms with Crippen molar-refractivity contribution < 1.29 is 14.2 Å². The number of methoxy groups -OCH3 is 3. The van der Waals surface area contributed by atoms with Crippen molar-refractivity contribution in [1.29, 1.82) is 0 Å². The van der Waals surface area contributed by atoms with E-state index in [1.165, 1.54) is 57.8 Å². The van der Waals surface area contributed by atoms with Crippen LogP contribution in [0.15, 0.2) is 0 Å². The summed E-state index contributed by atoms with van der Waals surface area (Å²) in [7, 11) is 5.03. The SMILES string of the molecule is CCCCCCCCC(CCCCCCCl)C(OC)(OC)OC. The summed E-state index contributed by atoms with van der Waals surface area (Å²) in [5.74, 6) is 0.152. The van der Waals surface area contributed by atoms with Crippen LogP contribution in [0.5, 0.6) is 0 Å². The van der Waals surface area contributed by atoms with E-state index in [0.717, 1.165) is 25.1 Å². The van der Waals surface area contributed by atoms with Crippen molar-refractivity contribution >= 4 is 11.6 Å². The van der Waals surface area contributed by atoms with E-state index in [4.69, 9.17) is 25.8 Å². The van der Waals surface area contributed by atoms with Crippen molar-refractivity contribution in [3.8, 4) is 0 Å². The average Bonchev–Trinajstić information content (AvgIpc) is 2.58. The largest absolute Gasteiger partial charge is 0.331 e. The van der Waals surface area contributed by atoms with Gasteiger partial charge >= 0.3 is 0 Å². The standard InChI is InChI=1S/C19H39ClO3/c1-5-6-7-8-9-12-15-18(16-13-10-11-14-17-20)19(21-2,22-3)23-4/h18H,5-17H2,1-4H3. The molecule has 0 saturated heterocycles. The van der Waals surface area contributed by atoms with Crippen LogP contribution in [0.2, 0.25) is 0 Å². The minimum absolute atomic E-state index is 0.282. The van der Waals surface area contributed by atoms with E-state index in [9.17, 15) is 0 Å². The summed E-state index contributed by atoms with van der Waals surface area (Å²) in [5.41, 5.74) is 0. The highest BCUT2D eigenvalue weighted by atomic mass is 35.5. The molecule has 140 valence electrons. The van der Waals surface area contributed by atoms with E-state index >= 15 is 0 Å². The second kappa shape index (κ2) is 15.7. The normalized spacial score (nSPS) is 13.4. The van der Waals surface area contributed by atoms with Crippen molar-refractivity contribution in [2.45, 2.75) is 89.9 Å². The second-order valence-corrected chi connectivity index (χ2v) is 6.74. The van der Waals surface area contributed by atoms with Crippen LogP contribution in [0, 0.1) is 5.92 Å². The van der Waals surface area contributed by atoms with Gasteiger partial charge < -0.3 is 14.2 Å². The minimum Gasteiger partial charge on any atom is -0.331 e. The molecule has 0 rings (SSSR count). The topological polar surface area (TPSA) is 27.7 Å². The highest BCUT2D eigenvalue weighted by Gasteiger charge is 2.39. The maximum absolute atomic E-state index is 5.74. The molecular weight excluding hydrogens is 312 g/mol. The highest BCUT2D eigenvalue weighted by molar-refractivity contribution is 6.17. The summed E-state index contributed by atoms with van der Waals surface area (Å²) in [6.07, 6.45) is 14.7. The van der Waals surface area contributed by atoms with Gasteiger partial charge in [-0.3, -0.25) is 0 Å². The molecule has 1 unspecified atom stereocenters. The third-order valence-corrected chi connectivity index (χ3v) is 4.96. The van der Waals surface area contributed by atoms with Gasteiger partial charge in [0, 0.05) is 33.1 Å². The van der Waals surface area contributed by atoms with Gasteiger partial charge in [-0.2, -0.15) is 0 Å². The quantitative estimate of drug-likeness (QED) is 0.179. The molecule has 0 heterocycles. The fourth-order valence-electron chi connectivity index (χ4n) is 3.26. The van der Waals surface area contributed by atoms with Gasteiger partial charge in [0.05, 0.1) is 0 Å². The molecule has 0 aromatic carbocycles. The molecule has 0 amide bonds. The molecule has 0 saturated carbocycles. The van der Waals surface area contributed by atoms with Gasteiger partial charge in [-0.05, 0) is 19.3 Å². The number of halogens is 1. The zero-order valence-corrected chi connectivity index (χ0v) is 16.6. The lowest BCUT2D eigenvalue weighted by atomic mass is 9.92. The van der Waals surface area contributed by atoms with E-state index in [0.29, 0.717) is 0 Å². The molecule has 0 radical (unpaired) electrons. The Hall–Kier alpha value is 0.170. The molecule has 0 aromatic rings. The van der Waals surface area contributed by atoms with E-state index < -0.39 is 5.97 Å². The molecule has 0 aliphatic rings. The van der Waals surface area contributed by atoms with Crippen LogP contribution >= 0.6 is 11.6 Å². The first-order chi connectivity index (χ1) is 11.2. The maximum Gasteiger partial charge on any atom is 0.285 e. The second-order valence-electron chi connectivity index (χ2n) is 6.36. The summed E-state index contributed by atoms with van der Waals surface area (Å²) < 4.78 is 16.8. The van der Waals surface area contributed by atoms with Gasteiger partial charge in [-0.25, -0.2) is 0 Å². The van der Waals surface area contributed by atoms with Gasteiger partial charge in [0.25, 0.3) is 5.97 Å². The van der Waals surface area contributed by atoms with Crippen LogP contribution in [-0.2, 0) is 14.2 Å². The molecule has 0 aliphatic carbocycles. The Kier molecular flexibility index (Phi) is 15.8. The lowest BCUT2D eigenvalue weighted by Crippen LogP contribution is -2.44. The van der Waals surface area contributed by atoms with Crippen molar-refractivity contribution in [2.24, 2.45) is 5.92 Å². The summed E-state index contributed by atoms with van der Waals surface area (Å²) >= 11 is 5.74. The van der Waals surface area contributed by atoms with Crippen molar-refractivity contribution in [3.05, 3.63) is 0 Å². The van der Waals surface area contributed by atoms with E-state index in [1.807, 2.05) is 0 Å². The van der Waals surface area contributed by atoms with Gasteiger partial charge in [0.2, 0.25) is 0 Å². The maximum atomic E-state index is 5.74. The number of alkyl halides is 1. The van der Waals surface area contributed by atoms with E-state index in [2.05, 4.69) is 6.92 Å². The highest BCUT2D eigenvalue weighted by Crippen LogP contribution is 2.33. The van der Waals surface area contributed by atoms with Gasteiger partial charge in [-0.15, -0.1) is 11.6 Å². The predicted octanol–water partition coefficient (Wildman–Crippen LogP) is 6.14. The van der Waals surface area contributed by atoms with Crippen LogP contribution in [-0.4, -0.2) is 33.2 Å². The Balaban J connectivity index is 4.31. The van der Waals surface area contributed by atoms with Crippen molar-refractivity contribution in [3.63, 3.8) is 0 Å².